The molecule has 0 radical (unpaired) electrons. The molecule has 0 saturated carbocycles. The fourth-order valence-electron chi connectivity index (χ4n) is 4.41. The van der Waals surface area contributed by atoms with Crippen LogP contribution in [0.4, 0.5) is 10.5 Å². The number of rotatable bonds is 5. The number of hydrogen-bond acceptors (Lipinski definition) is 7. The number of hydrogen-bond donors (Lipinski definition) is 5. The second-order valence-corrected chi connectivity index (χ2v) is 9.16. The molecule has 0 saturated heterocycles. The SMILES string of the molecule is COC1N=CC(C2C=CC3=C(N2)C2=C(CNC(=O)N2c2ccc(C(C)(C)C=N)cc2)CN3)=CN1. The first-order valence-electron chi connectivity index (χ1n) is 11.3. The number of dihydropyridines is 2. The fraction of sp³-hybridized carbons (Fsp3) is 0.320. The number of urea groups is 1. The van der Waals surface area contributed by atoms with Crippen molar-refractivity contribution < 1.29 is 9.53 Å². The van der Waals surface area contributed by atoms with Crippen molar-refractivity contribution in [2.75, 3.05) is 25.1 Å². The van der Waals surface area contributed by atoms with E-state index in [-0.39, 0.29) is 23.8 Å². The van der Waals surface area contributed by atoms with E-state index in [9.17, 15) is 4.79 Å². The van der Waals surface area contributed by atoms with Crippen LogP contribution >= 0.6 is 0 Å². The Morgan fingerprint density at radius 1 is 1.21 bits per heavy atom. The monoisotopic (exact) mass is 459 g/mol. The number of anilines is 1. The van der Waals surface area contributed by atoms with Gasteiger partial charge in [0, 0.05) is 49.8 Å². The van der Waals surface area contributed by atoms with Gasteiger partial charge < -0.3 is 31.4 Å². The van der Waals surface area contributed by atoms with Crippen molar-refractivity contribution in [3.05, 3.63) is 76.4 Å². The van der Waals surface area contributed by atoms with E-state index in [0.717, 1.165) is 39.5 Å². The molecule has 9 heteroatoms. The van der Waals surface area contributed by atoms with Crippen LogP contribution in [0.15, 0.2) is 75.8 Å². The summed E-state index contributed by atoms with van der Waals surface area (Å²) >= 11 is 0. The van der Waals surface area contributed by atoms with Gasteiger partial charge in [-0.05, 0) is 29.3 Å². The van der Waals surface area contributed by atoms with Crippen LogP contribution in [0.25, 0.3) is 0 Å². The third-order valence-electron chi connectivity index (χ3n) is 6.53. The molecular weight excluding hydrogens is 430 g/mol. The number of nitrogens with one attached hydrogen (secondary N) is 5. The van der Waals surface area contributed by atoms with Gasteiger partial charge in [-0.3, -0.25) is 4.90 Å². The number of ether oxygens (including phenoxy) is 1. The van der Waals surface area contributed by atoms with Crippen LogP contribution in [0, 0.1) is 5.41 Å². The Bertz CT molecular complexity index is 1170. The number of allylic oxidation sites excluding steroid dienone is 1. The minimum Gasteiger partial charge on any atom is -0.379 e. The fourth-order valence-corrected chi connectivity index (χ4v) is 4.41. The molecule has 2 atom stereocenters. The second-order valence-electron chi connectivity index (χ2n) is 9.16. The highest BCUT2D eigenvalue weighted by Gasteiger charge is 2.36. The zero-order valence-corrected chi connectivity index (χ0v) is 19.5. The normalized spacial score (nSPS) is 23.8. The summed E-state index contributed by atoms with van der Waals surface area (Å²) in [6.45, 7) is 5.14. The molecule has 4 heterocycles. The molecular formula is C25H29N7O2. The van der Waals surface area contributed by atoms with Crippen LogP contribution in [0.3, 0.4) is 0 Å². The molecule has 9 nitrogen and oxygen atoms in total. The number of amides is 2. The lowest BCUT2D eigenvalue weighted by Crippen LogP contribution is -2.52. The van der Waals surface area contributed by atoms with Crippen molar-refractivity contribution >= 4 is 24.1 Å². The highest BCUT2D eigenvalue weighted by atomic mass is 16.5. The summed E-state index contributed by atoms with van der Waals surface area (Å²) in [5, 5.41) is 20.9. The Labute approximate surface area is 198 Å². The van der Waals surface area contributed by atoms with Gasteiger partial charge >= 0.3 is 6.03 Å². The van der Waals surface area contributed by atoms with E-state index >= 15 is 0 Å². The van der Waals surface area contributed by atoms with Crippen LogP contribution in [0.2, 0.25) is 0 Å². The van der Waals surface area contributed by atoms with E-state index in [1.165, 1.54) is 6.21 Å². The van der Waals surface area contributed by atoms with Gasteiger partial charge in [-0.25, -0.2) is 9.79 Å². The smallest absolute Gasteiger partial charge is 0.326 e. The van der Waals surface area contributed by atoms with E-state index in [1.54, 1.807) is 18.2 Å². The van der Waals surface area contributed by atoms with E-state index in [1.807, 2.05) is 44.3 Å². The largest absolute Gasteiger partial charge is 0.379 e. The summed E-state index contributed by atoms with van der Waals surface area (Å²) in [4.78, 5) is 19.2. The lowest BCUT2D eigenvalue weighted by molar-refractivity contribution is 0.0926. The Kier molecular flexibility index (Phi) is 5.49. The standard InChI is InChI=1S/C25H29N7O2/c1-25(2,14-26)17-4-6-18(7-5-17)32-22-16(13-30-24(32)33)12-27-20-9-8-19(31-21(20)22)15-10-28-23(34-3)29-11-15/h4-11,14,19,23,26-28,31H,12-13H2,1-3H3,(H,30,33). The topological polar surface area (TPSA) is 114 Å². The van der Waals surface area contributed by atoms with Gasteiger partial charge in [0.15, 0.2) is 0 Å². The van der Waals surface area contributed by atoms with Crippen molar-refractivity contribution in [3.8, 4) is 0 Å². The van der Waals surface area contributed by atoms with Gasteiger partial charge in [0.2, 0.25) is 6.35 Å². The number of nitrogens with zero attached hydrogens (tertiary/aromatic N) is 2. The van der Waals surface area contributed by atoms with Crippen molar-refractivity contribution in [1.82, 2.24) is 21.3 Å². The molecule has 0 spiro atoms. The maximum atomic E-state index is 13.1. The second kappa shape index (κ2) is 8.49. The first-order valence-corrected chi connectivity index (χ1v) is 11.3. The Balaban J connectivity index is 1.48. The molecule has 1 aromatic rings. The third-order valence-corrected chi connectivity index (χ3v) is 6.53. The van der Waals surface area contributed by atoms with Crippen LogP contribution in [0.5, 0.6) is 0 Å². The molecule has 4 aliphatic rings. The molecule has 5 N–H and O–H groups in total. The summed E-state index contributed by atoms with van der Waals surface area (Å²) in [5.74, 6) is 0. The van der Waals surface area contributed by atoms with Crippen molar-refractivity contribution in [2.45, 2.75) is 31.7 Å². The Hall–Kier alpha value is -3.85. The predicted molar refractivity (Wildman–Crippen MR) is 133 cm³/mol. The van der Waals surface area contributed by atoms with Gasteiger partial charge in [-0.2, -0.15) is 0 Å². The van der Waals surface area contributed by atoms with Crippen molar-refractivity contribution in [2.24, 2.45) is 4.99 Å². The molecule has 2 unspecified atom stereocenters. The Morgan fingerprint density at radius 3 is 2.65 bits per heavy atom. The number of fused-ring (bicyclic) bond motifs is 1. The number of methoxy groups -OCH3 is 1. The summed E-state index contributed by atoms with van der Waals surface area (Å²) < 4.78 is 5.21. The maximum absolute atomic E-state index is 13.1. The molecule has 4 aliphatic heterocycles. The van der Waals surface area contributed by atoms with Crippen molar-refractivity contribution in [3.63, 3.8) is 0 Å². The average Bonchev–Trinajstić information content (AvgIpc) is 2.88. The molecule has 0 aliphatic carbocycles. The van der Waals surface area contributed by atoms with Gasteiger partial charge in [0.05, 0.1) is 28.8 Å². The predicted octanol–water partition coefficient (Wildman–Crippen LogP) is 2.23. The van der Waals surface area contributed by atoms with Crippen LogP contribution in [-0.4, -0.2) is 51.1 Å². The average molecular weight is 460 g/mol. The minimum absolute atomic E-state index is 0.107. The van der Waals surface area contributed by atoms with Gasteiger partial charge in [0.1, 0.15) is 0 Å². The molecule has 1 aromatic carbocycles. The zero-order chi connectivity index (χ0) is 23.9. The zero-order valence-electron chi connectivity index (χ0n) is 19.5. The molecule has 0 bridgehead atoms. The van der Waals surface area contributed by atoms with E-state index in [2.05, 4.69) is 38.4 Å². The summed E-state index contributed by atoms with van der Waals surface area (Å²) in [6.07, 6.45) is 8.89. The van der Waals surface area contributed by atoms with E-state index in [0.29, 0.717) is 13.1 Å². The summed E-state index contributed by atoms with van der Waals surface area (Å²) in [5.41, 5.74) is 6.21. The lowest BCUT2D eigenvalue weighted by Gasteiger charge is -2.40. The molecule has 176 valence electrons. The van der Waals surface area contributed by atoms with E-state index in [4.69, 9.17) is 10.1 Å². The Morgan fingerprint density at radius 2 is 1.97 bits per heavy atom. The van der Waals surface area contributed by atoms with Crippen LogP contribution in [-0.2, 0) is 10.2 Å². The highest BCUT2D eigenvalue weighted by Crippen LogP contribution is 2.34. The number of benzene rings is 1. The van der Waals surface area contributed by atoms with Crippen molar-refractivity contribution in [1.29, 1.82) is 5.41 Å². The third kappa shape index (κ3) is 3.77. The quantitative estimate of drug-likeness (QED) is 0.434. The van der Waals surface area contributed by atoms with Crippen LogP contribution < -0.4 is 26.2 Å². The molecule has 0 fully saturated rings. The van der Waals surface area contributed by atoms with Crippen LogP contribution in [0.1, 0.15) is 19.4 Å². The molecule has 5 rings (SSSR count). The lowest BCUT2D eigenvalue weighted by atomic mass is 9.86. The first kappa shape index (κ1) is 22.0. The minimum atomic E-state index is -0.380. The van der Waals surface area contributed by atoms with Gasteiger partial charge in [-0.15, -0.1) is 0 Å². The number of carbonyl (C=O) groups excluding carboxylic acids is 1. The summed E-state index contributed by atoms with van der Waals surface area (Å²) in [7, 11) is 1.60. The number of aliphatic imine (C=N–C) groups is 1. The van der Waals surface area contributed by atoms with Gasteiger partial charge in [-0.1, -0.05) is 32.1 Å². The highest BCUT2D eigenvalue weighted by molar-refractivity contribution is 5.98. The van der Waals surface area contributed by atoms with E-state index < -0.39 is 0 Å². The number of carbonyl (C=O) groups is 1. The summed E-state index contributed by atoms with van der Waals surface area (Å²) in [6, 6.07) is 7.58. The van der Waals surface area contributed by atoms with Gasteiger partial charge in [0.25, 0.3) is 0 Å². The molecule has 34 heavy (non-hydrogen) atoms. The first-order chi connectivity index (χ1) is 16.4. The molecule has 2 amide bonds. The maximum Gasteiger partial charge on any atom is 0.326 e. The molecule has 0 aromatic heterocycles.